The van der Waals surface area contributed by atoms with Gasteiger partial charge in [-0.15, -0.1) is 6.42 Å². The number of aliphatic carboxylic acids is 1. The maximum absolute atomic E-state index is 11.6. The van der Waals surface area contributed by atoms with Crippen molar-refractivity contribution in [2.45, 2.75) is 20.3 Å². The van der Waals surface area contributed by atoms with E-state index in [1.165, 1.54) is 4.90 Å². The largest absolute Gasteiger partial charge is 0.480 e. The van der Waals surface area contributed by atoms with E-state index in [9.17, 15) is 9.59 Å². The highest BCUT2D eigenvalue weighted by molar-refractivity contribution is 5.83. The van der Waals surface area contributed by atoms with E-state index < -0.39 is 5.97 Å². The van der Waals surface area contributed by atoms with Crippen molar-refractivity contribution in [1.29, 1.82) is 0 Å². The summed E-state index contributed by atoms with van der Waals surface area (Å²) < 4.78 is 0. The summed E-state index contributed by atoms with van der Waals surface area (Å²) in [6, 6.07) is 0. The van der Waals surface area contributed by atoms with Crippen LogP contribution in [0.1, 0.15) is 20.3 Å². The fraction of sp³-hybridized carbons (Fsp3) is 0.600. The average Bonchev–Trinajstić information content (AvgIpc) is 2.14. The third kappa shape index (κ3) is 3.94. The number of carboxylic acid groups (broad SMARTS) is 1. The first-order valence-corrected chi connectivity index (χ1v) is 4.47. The minimum Gasteiger partial charge on any atom is -0.480 e. The molecule has 0 aliphatic heterocycles. The molecule has 0 aliphatic rings. The Labute approximate surface area is 83.9 Å². The molecule has 1 N–H and O–H groups in total. The first kappa shape index (κ1) is 12.5. The molecule has 0 heterocycles. The third-order valence-electron chi connectivity index (χ3n) is 1.95. The molecule has 0 aromatic heterocycles. The van der Waals surface area contributed by atoms with Gasteiger partial charge in [-0.3, -0.25) is 9.59 Å². The minimum absolute atomic E-state index is 0.0511. The fourth-order valence-electron chi connectivity index (χ4n) is 0.971. The molecule has 0 bridgehead atoms. The van der Waals surface area contributed by atoms with Crippen molar-refractivity contribution in [3.63, 3.8) is 0 Å². The molecule has 0 aromatic rings. The van der Waals surface area contributed by atoms with Crippen LogP contribution in [0.4, 0.5) is 0 Å². The number of nitrogens with zero attached hydrogens (tertiary/aromatic N) is 1. The predicted molar refractivity (Wildman–Crippen MR) is 52.5 cm³/mol. The molecule has 0 saturated heterocycles. The van der Waals surface area contributed by atoms with Crippen molar-refractivity contribution in [2.24, 2.45) is 5.92 Å². The summed E-state index contributed by atoms with van der Waals surface area (Å²) in [5.74, 6) is 0.851. The van der Waals surface area contributed by atoms with Crippen LogP contribution >= 0.6 is 0 Å². The van der Waals surface area contributed by atoms with Gasteiger partial charge in [0.15, 0.2) is 0 Å². The zero-order valence-electron chi connectivity index (χ0n) is 8.49. The van der Waals surface area contributed by atoms with Crippen LogP contribution in [0.2, 0.25) is 0 Å². The molecule has 0 aromatic carbocycles. The van der Waals surface area contributed by atoms with Crippen LogP contribution in [0, 0.1) is 18.3 Å². The molecule has 4 heteroatoms. The SMILES string of the molecule is C#CCN(CC(=O)O)C(=O)C(C)CC. The number of carbonyl (C=O) groups excluding carboxylic acids is 1. The van der Waals surface area contributed by atoms with Gasteiger partial charge < -0.3 is 10.0 Å². The Balaban J connectivity index is 4.41. The van der Waals surface area contributed by atoms with Crippen LogP contribution in [-0.4, -0.2) is 35.0 Å². The summed E-state index contributed by atoms with van der Waals surface area (Å²) in [7, 11) is 0. The van der Waals surface area contributed by atoms with E-state index in [4.69, 9.17) is 11.5 Å². The second-order valence-corrected chi connectivity index (χ2v) is 3.10. The number of rotatable bonds is 5. The Hall–Kier alpha value is -1.50. The van der Waals surface area contributed by atoms with Crippen LogP contribution < -0.4 is 0 Å². The van der Waals surface area contributed by atoms with Gasteiger partial charge >= 0.3 is 5.97 Å². The standard InChI is InChI=1S/C10H15NO3/c1-4-6-11(7-9(12)13)10(14)8(3)5-2/h1,8H,5-7H2,2-3H3,(H,12,13). The highest BCUT2D eigenvalue weighted by atomic mass is 16.4. The first-order valence-electron chi connectivity index (χ1n) is 4.47. The number of carbonyl (C=O) groups is 2. The zero-order valence-corrected chi connectivity index (χ0v) is 8.49. The lowest BCUT2D eigenvalue weighted by Gasteiger charge is -2.21. The molecule has 1 atom stereocenters. The van der Waals surface area contributed by atoms with Crippen LogP contribution in [-0.2, 0) is 9.59 Å². The second kappa shape index (κ2) is 6.03. The Kier molecular flexibility index (Phi) is 5.38. The van der Waals surface area contributed by atoms with Crippen LogP contribution in [0.3, 0.4) is 0 Å². The number of carboxylic acids is 1. The maximum atomic E-state index is 11.6. The van der Waals surface area contributed by atoms with E-state index in [-0.39, 0.29) is 24.9 Å². The van der Waals surface area contributed by atoms with Crippen LogP contribution in [0.25, 0.3) is 0 Å². The number of hydrogen-bond acceptors (Lipinski definition) is 2. The molecule has 0 saturated carbocycles. The Morgan fingerprint density at radius 3 is 2.50 bits per heavy atom. The number of terminal acetylenes is 1. The van der Waals surface area contributed by atoms with E-state index >= 15 is 0 Å². The highest BCUT2D eigenvalue weighted by Gasteiger charge is 2.20. The second-order valence-electron chi connectivity index (χ2n) is 3.10. The average molecular weight is 197 g/mol. The van der Waals surface area contributed by atoms with Crippen molar-refractivity contribution in [3.05, 3.63) is 0 Å². The van der Waals surface area contributed by atoms with Crippen molar-refractivity contribution in [3.8, 4) is 12.3 Å². The van der Waals surface area contributed by atoms with Gasteiger partial charge in [-0.2, -0.15) is 0 Å². The van der Waals surface area contributed by atoms with Crippen molar-refractivity contribution in [2.75, 3.05) is 13.1 Å². The van der Waals surface area contributed by atoms with Gasteiger partial charge in [-0.05, 0) is 6.42 Å². The fourth-order valence-corrected chi connectivity index (χ4v) is 0.971. The number of hydrogen-bond donors (Lipinski definition) is 1. The minimum atomic E-state index is -1.04. The quantitative estimate of drug-likeness (QED) is 0.656. The molecule has 14 heavy (non-hydrogen) atoms. The Morgan fingerprint density at radius 1 is 1.57 bits per heavy atom. The molecule has 0 spiro atoms. The highest BCUT2D eigenvalue weighted by Crippen LogP contribution is 2.05. The van der Waals surface area contributed by atoms with Gasteiger partial charge in [0.25, 0.3) is 0 Å². The van der Waals surface area contributed by atoms with Crippen LogP contribution in [0.15, 0.2) is 0 Å². The molecule has 0 fully saturated rings. The molecule has 4 nitrogen and oxygen atoms in total. The summed E-state index contributed by atoms with van der Waals surface area (Å²) in [4.78, 5) is 23.2. The molecular formula is C10H15NO3. The lowest BCUT2D eigenvalue weighted by atomic mass is 10.1. The molecule has 0 rings (SSSR count). The topological polar surface area (TPSA) is 57.6 Å². The molecular weight excluding hydrogens is 182 g/mol. The normalized spacial score (nSPS) is 11.5. The van der Waals surface area contributed by atoms with E-state index in [1.54, 1.807) is 6.92 Å². The summed E-state index contributed by atoms with van der Waals surface area (Å²) in [5, 5.41) is 8.55. The molecule has 0 aliphatic carbocycles. The summed E-state index contributed by atoms with van der Waals surface area (Å²) in [6.07, 6.45) is 5.73. The lowest BCUT2D eigenvalue weighted by molar-refractivity contribution is -0.145. The molecule has 1 amide bonds. The smallest absolute Gasteiger partial charge is 0.323 e. The summed E-state index contributed by atoms with van der Waals surface area (Å²) >= 11 is 0. The lowest BCUT2D eigenvalue weighted by Crippen LogP contribution is -2.39. The van der Waals surface area contributed by atoms with Crippen molar-refractivity contribution >= 4 is 11.9 Å². The predicted octanol–water partition coefficient (Wildman–Crippen LogP) is 0.579. The van der Waals surface area contributed by atoms with E-state index in [0.717, 1.165) is 0 Å². The summed E-state index contributed by atoms with van der Waals surface area (Å²) in [6.45, 7) is 3.36. The maximum Gasteiger partial charge on any atom is 0.323 e. The molecule has 78 valence electrons. The molecule has 1 unspecified atom stereocenters. The third-order valence-corrected chi connectivity index (χ3v) is 1.95. The van der Waals surface area contributed by atoms with Crippen LogP contribution in [0.5, 0.6) is 0 Å². The van der Waals surface area contributed by atoms with Gasteiger partial charge in [0.05, 0.1) is 6.54 Å². The first-order chi connectivity index (χ1) is 6.52. The van der Waals surface area contributed by atoms with Crippen molar-refractivity contribution < 1.29 is 14.7 Å². The Bertz CT molecular complexity index is 255. The monoisotopic (exact) mass is 197 g/mol. The van der Waals surface area contributed by atoms with Gasteiger partial charge in [-0.1, -0.05) is 19.8 Å². The van der Waals surface area contributed by atoms with Gasteiger partial charge in [0, 0.05) is 5.92 Å². The van der Waals surface area contributed by atoms with E-state index in [1.807, 2.05) is 6.92 Å². The number of amides is 1. The summed E-state index contributed by atoms with van der Waals surface area (Å²) in [5.41, 5.74) is 0. The van der Waals surface area contributed by atoms with Gasteiger partial charge in [0.1, 0.15) is 6.54 Å². The van der Waals surface area contributed by atoms with Gasteiger partial charge in [0.2, 0.25) is 5.91 Å². The molecule has 0 radical (unpaired) electrons. The Morgan fingerprint density at radius 2 is 2.14 bits per heavy atom. The van der Waals surface area contributed by atoms with Gasteiger partial charge in [-0.25, -0.2) is 0 Å². The van der Waals surface area contributed by atoms with Crippen molar-refractivity contribution in [1.82, 2.24) is 4.90 Å². The van der Waals surface area contributed by atoms with E-state index in [2.05, 4.69) is 5.92 Å². The zero-order chi connectivity index (χ0) is 11.1. The van der Waals surface area contributed by atoms with E-state index in [0.29, 0.717) is 6.42 Å².